The second-order valence-electron chi connectivity index (χ2n) is 13.6. The Morgan fingerprint density at radius 1 is 0.938 bits per heavy atom. The highest BCUT2D eigenvalue weighted by Gasteiger charge is 2.34. The highest BCUT2D eigenvalue weighted by atomic mass is 16.6. The van der Waals surface area contributed by atoms with Gasteiger partial charge in [0.1, 0.15) is 11.6 Å². The van der Waals surface area contributed by atoms with Gasteiger partial charge in [0.05, 0.1) is 11.4 Å². The number of ether oxygens (including phenoxy) is 1. The fourth-order valence-corrected chi connectivity index (χ4v) is 6.25. The van der Waals surface area contributed by atoms with Crippen LogP contribution in [0.15, 0.2) is 60.8 Å². The molecule has 1 atom stereocenters. The van der Waals surface area contributed by atoms with Crippen molar-refractivity contribution in [3.8, 4) is 11.3 Å². The molecule has 3 N–H and O–H groups in total. The van der Waals surface area contributed by atoms with E-state index >= 15 is 0 Å². The number of piperidine rings is 1. The summed E-state index contributed by atoms with van der Waals surface area (Å²) in [6.07, 6.45) is 6.58. The summed E-state index contributed by atoms with van der Waals surface area (Å²) in [7, 11) is 1.72. The number of carbonyl (C=O) groups excluding carboxylic acids is 4. The van der Waals surface area contributed by atoms with Gasteiger partial charge in [-0.1, -0.05) is 6.07 Å². The Bertz CT molecular complexity index is 1660. The Morgan fingerprint density at radius 3 is 2.42 bits per heavy atom. The number of nitrogens with zero attached hydrogens (tertiary/aromatic N) is 4. The van der Waals surface area contributed by atoms with Gasteiger partial charge in [0.25, 0.3) is 11.8 Å². The first kappa shape index (κ1) is 34.6. The summed E-state index contributed by atoms with van der Waals surface area (Å²) in [5.41, 5.74) is 8.73. The molecule has 2 aliphatic heterocycles. The van der Waals surface area contributed by atoms with Crippen LogP contribution in [0.1, 0.15) is 83.9 Å². The van der Waals surface area contributed by atoms with Crippen LogP contribution in [-0.2, 0) is 9.53 Å². The van der Waals surface area contributed by atoms with E-state index in [4.69, 9.17) is 10.5 Å². The second kappa shape index (κ2) is 15.0. The number of carbonyl (C=O) groups is 4. The van der Waals surface area contributed by atoms with Crippen LogP contribution in [0.25, 0.3) is 11.3 Å². The molecule has 2 saturated heterocycles. The molecule has 3 amide bonds. The van der Waals surface area contributed by atoms with E-state index < -0.39 is 11.5 Å². The number of anilines is 2. The minimum absolute atomic E-state index is 0.225. The first-order valence-corrected chi connectivity index (χ1v) is 16.7. The molecule has 0 saturated carbocycles. The van der Waals surface area contributed by atoms with Crippen molar-refractivity contribution in [1.82, 2.24) is 14.8 Å². The van der Waals surface area contributed by atoms with Gasteiger partial charge < -0.3 is 25.6 Å². The van der Waals surface area contributed by atoms with E-state index in [1.807, 2.05) is 39.0 Å². The van der Waals surface area contributed by atoms with Crippen molar-refractivity contribution >= 4 is 35.1 Å². The minimum Gasteiger partial charge on any atom is -0.459 e. The summed E-state index contributed by atoms with van der Waals surface area (Å²) >= 11 is 0. The largest absolute Gasteiger partial charge is 0.459 e. The van der Waals surface area contributed by atoms with E-state index in [9.17, 15) is 19.2 Å². The van der Waals surface area contributed by atoms with Crippen molar-refractivity contribution in [2.45, 2.75) is 64.5 Å². The van der Waals surface area contributed by atoms with Gasteiger partial charge >= 0.3 is 5.97 Å². The summed E-state index contributed by atoms with van der Waals surface area (Å²) in [4.78, 5) is 62.2. The van der Waals surface area contributed by atoms with Gasteiger partial charge in [-0.3, -0.25) is 29.1 Å². The van der Waals surface area contributed by atoms with Gasteiger partial charge in [-0.15, -0.1) is 0 Å². The van der Waals surface area contributed by atoms with Crippen LogP contribution < -0.4 is 16.0 Å². The number of primary amides is 1. The van der Waals surface area contributed by atoms with Crippen LogP contribution in [0.4, 0.5) is 11.4 Å². The summed E-state index contributed by atoms with van der Waals surface area (Å²) in [5.74, 6) is -1.40. The van der Waals surface area contributed by atoms with Crippen LogP contribution in [0.5, 0.6) is 0 Å². The van der Waals surface area contributed by atoms with Crippen molar-refractivity contribution in [1.29, 1.82) is 0 Å². The first-order valence-electron chi connectivity index (χ1n) is 16.7. The van der Waals surface area contributed by atoms with E-state index in [0.29, 0.717) is 46.7 Å². The Kier molecular flexibility index (Phi) is 10.8. The lowest BCUT2D eigenvalue weighted by atomic mass is 10.0. The molecule has 3 heterocycles. The third kappa shape index (κ3) is 8.57. The van der Waals surface area contributed by atoms with Crippen LogP contribution in [0, 0.1) is 0 Å². The molecule has 2 fully saturated rings. The molecule has 1 aromatic heterocycles. The molecule has 0 radical (unpaired) electrons. The third-order valence-electron chi connectivity index (χ3n) is 8.78. The number of likely N-dealkylation sites (tertiary alicyclic amines) is 1. The van der Waals surface area contributed by atoms with Crippen molar-refractivity contribution in [3.63, 3.8) is 0 Å². The van der Waals surface area contributed by atoms with E-state index in [2.05, 4.69) is 20.1 Å². The van der Waals surface area contributed by atoms with Gasteiger partial charge in [0.15, 0.2) is 0 Å². The van der Waals surface area contributed by atoms with E-state index in [0.717, 1.165) is 51.0 Å². The fraction of sp³-hybridized carbons (Fsp3) is 0.432. The average molecular weight is 655 g/mol. The molecule has 0 spiro atoms. The molecule has 48 heavy (non-hydrogen) atoms. The number of nitrogens with one attached hydrogen (secondary N) is 1. The molecule has 0 bridgehead atoms. The van der Waals surface area contributed by atoms with Gasteiger partial charge in [0, 0.05) is 67.4 Å². The lowest BCUT2D eigenvalue weighted by Gasteiger charge is -2.29. The Hall–Kier alpha value is -4.77. The summed E-state index contributed by atoms with van der Waals surface area (Å²) in [6, 6.07) is 15.3. The highest BCUT2D eigenvalue weighted by Crippen LogP contribution is 2.33. The van der Waals surface area contributed by atoms with Crippen LogP contribution in [-0.4, -0.2) is 89.9 Å². The second-order valence-corrected chi connectivity index (χ2v) is 13.6. The number of hydrogen-bond donors (Lipinski definition) is 2. The first-order chi connectivity index (χ1) is 22.9. The lowest BCUT2D eigenvalue weighted by molar-refractivity contribution is -0.160. The zero-order valence-corrected chi connectivity index (χ0v) is 28.3. The Balaban J connectivity index is 1.30. The molecule has 2 aliphatic rings. The molecular weight excluding hydrogens is 608 g/mol. The zero-order valence-electron chi connectivity index (χ0n) is 28.3. The van der Waals surface area contributed by atoms with Crippen molar-refractivity contribution in [2.24, 2.45) is 5.73 Å². The topological polar surface area (TPSA) is 138 Å². The van der Waals surface area contributed by atoms with E-state index in [-0.39, 0.29) is 23.8 Å². The smallest absolute Gasteiger partial charge is 0.323 e. The number of nitrogens with two attached hydrogens (primary N) is 1. The lowest BCUT2D eigenvalue weighted by Crippen LogP contribution is -2.44. The van der Waals surface area contributed by atoms with Crippen LogP contribution in [0.2, 0.25) is 0 Å². The summed E-state index contributed by atoms with van der Waals surface area (Å²) in [5, 5.41) is 3.00. The van der Waals surface area contributed by atoms with E-state index in [1.54, 1.807) is 48.3 Å². The molecule has 254 valence electrons. The van der Waals surface area contributed by atoms with Crippen LogP contribution in [0.3, 0.4) is 0 Å². The SMILES string of the molecule is CN(CCN1CCCC1C(=O)OC(C)(C)C)C(=O)c1cccc(C(=O)Nc2ccc(N3CCCCC3)cc2-c2cc(C(N)=O)ccn2)c1. The van der Waals surface area contributed by atoms with Gasteiger partial charge in [-0.25, -0.2) is 0 Å². The molecule has 5 rings (SSSR count). The molecule has 0 aliphatic carbocycles. The maximum atomic E-state index is 13.6. The molecule has 2 aromatic carbocycles. The molecule has 11 heteroatoms. The van der Waals surface area contributed by atoms with E-state index in [1.165, 1.54) is 12.6 Å². The predicted octanol–water partition coefficient (Wildman–Crippen LogP) is 4.97. The van der Waals surface area contributed by atoms with Gasteiger partial charge in [-0.2, -0.15) is 0 Å². The van der Waals surface area contributed by atoms with Crippen LogP contribution >= 0.6 is 0 Å². The average Bonchev–Trinajstić information content (AvgIpc) is 3.56. The summed E-state index contributed by atoms with van der Waals surface area (Å²) in [6.45, 7) is 9.18. The quantitative estimate of drug-likeness (QED) is 0.293. The number of likely N-dealkylation sites (N-methyl/N-ethyl adjacent to an activating group) is 1. The van der Waals surface area contributed by atoms with Crippen molar-refractivity contribution in [3.05, 3.63) is 77.5 Å². The maximum Gasteiger partial charge on any atom is 0.323 e. The number of pyridine rings is 1. The number of hydrogen-bond acceptors (Lipinski definition) is 8. The minimum atomic E-state index is -0.564. The Labute approximate surface area is 282 Å². The number of rotatable bonds is 10. The predicted molar refractivity (Wildman–Crippen MR) is 186 cm³/mol. The van der Waals surface area contributed by atoms with Crippen molar-refractivity contribution < 1.29 is 23.9 Å². The fourth-order valence-electron chi connectivity index (χ4n) is 6.25. The number of benzene rings is 2. The zero-order chi connectivity index (χ0) is 34.4. The normalized spacial score (nSPS) is 16.8. The monoisotopic (exact) mass is 654 g/mol. The maximum absolute atomic E-state index is 13.6. The number of esters is 1. The van der Waals surface area contributed by atoms with Gasteiger partial charge in [-0.05, 0) is 108 Å². The third-order valence-corrected chi connectivity index (χ3v) is 8.78. The summed E-state index contributed by atoms with van der Waals surface area (Å²) < 4.78 is 5.61. The molecule has 3 aromatic rings. The molecule has 11 nitrogen and oxygen atoms in total. The Morgan fingerprint density at radius 2 is 1.69 bits per heavy atom. The number of aromatic nitrogens is 1. The molecular formula is C37H46N6O5. The van der Waals surface area contributed by atoms with Gasteiger partial charge in [0.2, 0.25) is 5.91 Å². The number of amides is 3. The molecule has 1 unspecified atom stereocenters. The highest BCUT2D eigenvalue weighted by molar-refractivity contribution is 6.08. The van der Waals surface area contributed by atoms with Crippen molar-refractivity contribution in [2.75, 3.05) is 50.0 Å². The standard InChI is InChI=1S/C37H46N6O5/c1-37(2,3)48-36(47)32-12-9-19-43(32)21-20-41(4)35(46)27-11-8-10-26(22-27)34(45)40-30-14-13-28(42-17-6-5-7-18-42)24-29(30)31-23-25(33(38)44)15-16-39-31/h8,10-11,13-16,22-24,32H,5-7,9,12,17-21H2,1-4H3,(H2,38,44)(H,40,45).